The second-order valence-corrected chi connectivity index (χ2v) is 4.56. The molecule has 0 aliphatic carbocycles. The summed E-state index contributed by atoms with van der Waals surface area (Å²) in [5, 5.41) is 1.85. The van der Waals surface area contributed by atoms with Gasteiger partial charge in [0.15, 0.2) is 0 Å². The molecule has 3 heteroatoms. The number of para-hydroxylation sites is 1. The van der Waals surface area contributed by atoms with Gasteiger partial charge in [-0.1, -0.05) is 29.8 Å². The molecule has 0 fully saturated rings. The largest absolute Gasteiger partial charge is 0.487 e. The van der Waals surface area contributed by atoms with Crippen LogP contribution < -0.4 is 4.74 Å². The van der Waals surface area contributed by atoms with E-state index in [2.05, 4.69) is 11.1 Å². The molecular weight excluding hydrogens is 246 g/mol. The van der Waals surface area contributed by atoms with Crippen LogP contribution in [0.4, 0.5) is 0 Å². The Morgan fingerprint density at radius 1 is 1.00 bits per heavy atom. The fraction of sp³-hybridized carbons (Fsp3) is 0.0667. The van der Waals surface area contributed by atoms with E-state index < -0.39 is 0 Å². The van der Waals surface area contributed by atoms with Crippen LogP contribution in [0.25, 0.3) is 10.9 Å². The highest BCUT2D eigenvalue weighted by Crippen LogP contribution is 2.21. The lowest BCUT2D eigenvalue weighted by Gasteiger charge is -2.03. The van der Waals surface area contributed by atoms with E-state index in [1.807, 2.05) is 48.5 Å². The molecule has 0 saturated heterocycles. The van der Waals surface area contributed by atoms with Crippen molar-refractivity contribution in [1.82, 2.24) is 4.98 Å². The van der Waals surface area contributed by atoms with Crippen LogP contribution in [0.3, 0.4) is 0 Å². The zero-order valence-electron chi connectivity index (χ0n) is 9.69. The van der Waals surface area contributed by atoms with Crippen molar-refractivity contribution in [2.24, 2.45) is 0 Å². The molecule has 0 unspecified atom stereocenters. The van der Waals surface area contributed by atoms with Crippen LogP contribution in [0, 0.1) is 0 Å². The van der Waals surface area contributed by atoms with E-state index in [0.717, 1.165) is 27.4 Å². The van der Waals surface area contributed by atoms with E-state index in [0.29, 0.717) is 6.61 Å². The summed E-state index contributed by atoms with van der Waals surface area (Å²) in [6, 6.07) is 17.6. The molecule has 0 saturated carbocycles. The highest BCUT2D eigenvalue weighted by molar-refractivity contribution is 6.31. The van der Waals surface area contributed by atoms with Crippen LogP contribution in [0.15, 0.2) is 54.6 Å². The van der Waals surface area contributed by atoms with Gasteiger partial charge in [-0.2, -0.15) is 0 Å². The smallest absolute Gasteiger partial charge is 0.128 e. The number of nitrogens with one attached hydrogen (secondary N) is 1. The Morgan fingerprint density at radius 2 is 1.83 bits per heavy atom. The monoisotopic (exact) mass is 257 g/mol. The molecule has 0 aliphatic rings. The summed E-state index contributed by atoms with van der Waals surface area (Å²) in [5.74, 6) is 0.870. The number of hydrogen-bond donors (Lipinski definition) is 1. The van der Waals surface area contributed by atoms with Crippen molar-refractivity contribution in [1.29, 1.82) is 0 Å². The van der Waals surface area contributed by atoms with Crippen LogP contribution in [0.2, 0.25) is 5.02 Å². The van der Waals surface area contributed by atoms with Gasteiger partial charge in [0.25, 0.3) is 0 Å². The molecule has 0 aliphatic heterocycles. The first-order valence-corrected chi connectivity index (χ1v) is 6.14. The second kappa shape index (κ2) is 4.75. The molecule has 1 heterocycles. The summed E-state index contributed by atoms with van der Waals surface area (Å²) in [7, 11) is 0. The number of rotatable bonds is 3. The second-order valence-electron chi connectivity index (χ2n) is 4.13. The highest BCUT2D eigenvalue weighted by Gasteiger charge is 2.02. The number of aromatic amines is 1. The maximum Gasteiger partial charge on any atom is 0.128 e. The molecule has 0 bridgehead atoms. The van der Waals surface area contributed by atoms with Crippen LogP contribution in [-0.2, 0) is 6.61 Å². The third-order valence-electron chi connectivity index (χ3n) is 2.78. The van der Waals surface area contributed by atoms with Gasteiger partial charge in [-0.3, -0.25) is 0 Å². The van der Waals surface area contributed by atoms with Gasteiger partial charge in [-0.05, 0) is 36.4 Å². The summed E-state index contributed by atoms with van der Waals surface area (Å²) in [4.78, 5) is 3.31. The maximum atomic E-state index is 5.96. The quantitative estimate of drug-likeness (QED) is 0.739. The molecule has 0 radical (unpaired) electrons. The number of halogens is 1. The van der Waals surface area contributed by atoms with Crippen molar-refractivity contribution >= 4 is 22.5 Å². The van der Waals surface area contributed by atoms with E-state index >= 15 is 0 Å². The first kappa shape index (κ1) is 11.2. The molecule has 0 spiro atoms. The minimum atomic E-state index is 0.524. The lowest BCUT2D eigenvalue weighted by molar-refractivity contribution is 0.302. The lowest BCUT2D eigenvalue weighted by Crippen LogP contribution is -1.94. The van der Waals surface area contributed by atoms with Gasteiger partial charge in [0.1, 0.15) is 12.4 Å². The van der Waals surface area contributed by atoms with Gasteiger partial charge in [-0.15, -0.1) is 0 Å². The molecule has 18 heavy (non-hydrogen) atoms. The van der Waals surface area contributed by atoms with Gasteiger partial charge in [0, 0.05) is 15.9 Å². The molecule has 90 valence electrons. The number of benzene rings is 2. The molecule has 0 amide bonds. The van der Waals surface area contributed by atoms with Crippen LogP contribution in [-0.4, -0.2) is 4.98 Å². The maximum absolute atomic E-state index is 5.96. The van der Waals surface area contributed by atoms with Gasteiger partial charge in [-0.25, -0.2) is 0 Å². The lowest BCUT2D eigenvalue weighted by atomic mass is 10.2. The van der Waals surface area contributed by atoms with E-state index in [1.165, 1.54) is 0 Å². The minimum Gasteiger partial charge on any atom is -0.487 e. The molecule has 1 aromatic heterocycles. The Bertz CT molecular complexity index is 661. The van der Waals surface area contributed by atoms with Gasteiger partial charge >= 0.3 is 0 Å². The minimum absolute atomic E-state index is 0.524. The van der Waals surface area contributed by atoms with E-state index in [1.54, 1.807) is 0 Å². The Balaban J connectivity index is 1.79. The van der Waals surface area contributed by atoms with E-state index in [4.69, 9.17) is 16.3 Å². The van der Waals surface area contributed by atoms with Crippen molar-refractivity contribution in [2.45, 2.75) is 6.61 Å². The summed E-state index contributed by atoms with van der Waals surface area (Å²) >= 11 is 5.96. The zero-order chi connectivity index (χ0) is 12.4. The normalized spacial score (nSPS) is 10.7. The zero-order valence-corrected chi connectivity index (χ0v) is 10.4. The first-order chi connectivity index (χ1) is 8.81. The standard InChI is InChI=1S/C15H12ClNO/c16-12-6-7-15-11(8-12)9-13(17-15)10-18-14-4-2-1-3-5-14/h1-9,17H,10H2. The van der Waals surface area contributed by atoms with Crippen molar-refractivity contribution in [2.75, 3.05) is 0 Å². The number of H-pyrrole nitrogens is 1. The van der Waals surface area contributed by atoms with Gasteiger partial charge in [0.05, 0.1) is 5.69 Å². The molecule has 0 atom stereocenters. The number of hydrogen-bond acceptors (Lipinski definition) is 1. The molecule has 3 aromatic rings. The van der Waals surface area contributed by atoms with Gasteiger partial charge < -0.3 is 9.72 Å². The van der Waals surface area contributed by atoms with Crippen molar-refractivity contribution < 1.29 is 4.74 Å². The third kappa shape index (κ3) is 2.34. The molecule has 2 nitrogen and oxygen atoms in total. The molecular formula is C15H12ClNO. The van der Waals surface area contributed by atoms with Crippen LogP contribution in [0.5, 0.6) is 5.75 Å². The Kier molecular flexibility index (Phi) is 2.95. The summed E-state index contributed by atoms with van der Waals surface area (Å²) in [6.45, 7) is 0.524. The average molecular weight is 258 g/mol. The third-order valence-corrected chi connectivity index (χ3v) is 3.01. The van der Waals surface area contributed by atoms with Crippen molar-refractivity contribution in [3.8, 4) is 5.75 Å². The van der Waals surface area contributed by atoms with Crippen LogP contribution >= 0.6 is 11.6 Å². The topological polar surface area (TPSA) is 25.0 Å². The van der Waals surface area contributed by atoms with E-state index in [-0.39, 0.29) is 0 Å². The predicted molar refractivity (Wildman–Crippen MR) is 74.1 cm³/mol. The van der Waals surface area contributed by atoms with Crippen molar-refractivity contribution in [3.05, 3.63) is 65.3 Å². The fourth-order valence-electron chi connectivity index (χ4n) is 1.92. The van der Waals surface area contributed by atoms with Crippen molar-refractivity contribution in [3.63, 3.8) is 0 Å². The number of ether oxygens (including phenoxy) is 1. The summed E-state index contributed by atoms with van der Waals surface area (Å²) in [6.07, 6.45) is 0. The highest BCUT2D eigenvalue weighted by atomic mass is 35.5. The predicted octanol–water partition coefficient (Wildman–Crippen LogP) is 4.40. The van der Waals surface area contributed by atoms with Crippen LogP contribution in [0.1, 0.15) is 5.69 Å². The Labute approximate surface area is 110 Å². The fourth-order valence-corrected chi connectivity index (χ4v) is 2.10. The van der Waals surface area contributed by atoms with E-state index in [9.17, 15) is 0 Å². The molecule has 1 N–H and O–H groups in total. The van der Waals surface area contributed by atoms with Gasteiger partial charge in [0.2, 0.25) is 0 Å². The Morgan fingerprint density at radius 3 is 2.67 bits per heavy atom. The molecule has 2 aromatic carbocycles. The Hall–Kier alpha value is -1.93. The number of aromatic nitrogens is 1. The summed E-state index contributed by atoms with van der Waals surface area (Å²) < 4.78 is 5.69. The SMILES string of the molecule is Clc1ccc2[nH]c(COc3ccccc3)cc2c1. The summed E-state index contributed by atoms with van der Waals surface area (Å²) in [5.41, 5.74) is 2.11. The average Bonchev–Trinajstić information content (AvgIpc) is 2.79. The number of fused-ring (bicyclic) bond motifs is 1. The first-order valence-electron chi connectivity index (χ1n) is 5.76. The molecule has 3 rings (SSSR count).